The van der Waals surface area contributed by atoms with Crippen LogP contribution in [0.4, 0.5) is 0 Å². The summed E-state index contributed by atoms with van der Waals surface area (Å²) in [4.78, 5) is 15.7. The number of carbonyl (C=O) groups is 1. The summed E-state index contributed by atoms with van der Waals surface area (Å²) in [6, 6.07) is 6.31. The zero-order valence-electron chi connectivity index (χ0n) is 9.41. The molecule has 85 valence electrons. The molecule has 1 aromatic heterocycles. The van der Waals surface area contributed by atoms with Gasteiger partial charge in [0.2, 0.25) is 0 Å². The highest BCUT2D eigenvalue weighted by molar-refractivity contribution is 5.91. The summed E-state index contributed by atoms with van der Waals surface area (Å²) in [5.74, 6) is 0.549. The molecule has 0 saturated heterocycles. The zero-order valence-corrected chi connectivity index (χ0v) is 9.41. The first-order valence-electron chi connectivity index (χ1n) is 5.97. The number of nitrogens with zero attached hydrogens (tertiary/aromatic N) is 1. The highest BCUT2D eigenvalue weighted by Gasteiger charge is 2.15. The van der Waals surface area contributed by atoms with Crippen molar-refractivity contribution in [3.8, 4) is 0 Å². The van der Waals surface area contributed by atoms with E-state index in [1.54, 1.807) is 18.3 Å². The Labute approximate surface area is 96.3 Å². The van der Waals surface area contributed by atoms with E-state index in [9.17, 15) is 4.79 Å². The Balaban J connectivity index is 1.79. The van der Waals surface area contributed by atoms with E-state index in [1.807, 2.05) is 0 Å². The molecule has 0 bridgehead atoms. The van der Waals surface area contributed by atoms with Gasteiger partial charge in [-0.1, -0.05) is 25.3 Å². The minimum Gasteiger partial charge on any atom is -0.350 e. The van der Waals surface area contributed by atoms with Gasteiger partial charge < -0.3 is 5.32 Å². The predicted octanol–water partition coefficient (Wildman–Crippen LogP) is 2.19. The van der Waals surface area contributed by atoms with Crippen molar-refractivity contribution in [2.45, 2.75) is 32.1 Å². The molecular formula is C13H17N2O. The van der Waals surface area contributed by atoms with Crippen LogP contribution >= 0.6 is 0 Å². The molecule has 1 amide bonds. The van der Waals surface area contributed by atoms with E-state index >= 15 is 0 Å². The van der Waals surface area contributed by atoms with E-state index in [0.717, 1.165) is 6.54 Å². The monoisotopic (exact) mass is 217 g/mol. The summed E-state index contributed by atoms with van der Waals surface area (Å²) in [5.41, 5.74) is 0.387. The third kappa shape index (κ3) is 3.05. The predicted molar refractivity (Wildman–Crippen MR) is 62.0 cm³/mol. The number of hydrogen-bond acceptors (Lipinski definition) is 2. The van der Waals surface area contributed by atoms with Gasteiger partial charge in [0, 0.05) is 18.8 Å². The number of aromatic nitrogens is 1. The first-order chi connectivity index (χ1) is 7.86. The molecule has 0 spiro atoms. The van der Waals surface area contributed by atoms with Gasteiger partial charge in [-0.25, -0.2) is 0 Å². The third-order valence-electron chi connectivity index (χ3n) is 3.10. The average Bonchev–Trinajstić information content (AvgIpc) is 2.38. The molecule has 1 fully saturated rings. The molecule has 1 saturated carbocycles. The van der Waals surface area contributed by atoms with Gasteiger partial charge in [0.1, 0.15) is 5.69 Å². The first kappa shape index (κ1) is 11.1. The number of amides is 1. The summed E-state index contributed by atoms with van der Waals surface area (Å²) < 4.78 is 0. The number of rotatable bonds is 3. The minimum atomic E-state index is -0.105. The van der Waals surface area contributed by atoms with E-state index in [1.165, 1.54) is 32.1 Å². The van der Waals surface area contributed by atoms with E-state index in [-0.39, 0.29) is 5.91 Å². The van der Waals surface area contributed by atoms with Crippen LogP contribution in [0.3, 0.4) is 0 Å². The number of hydrogen-bond donors (Lipinski definition) is 1. The lowest BCUT2D eigenvalue weighted by atomic mass is 9.89. The maximum atomic E-state index is 11.7. The first-order valence-corrected chi connectivity index (χ1v) is 5.97. The average molecular weight is 217 g/mol. The topological polar surface area (TPSA) is 42.0 Å². The fourth-order valence-corrected chi connectivity index (χ4v) is 2.16. The molecule has 1 aromatic rings. The van der Waals surface area contributed by atoms with Crippen molar-refractivity contribution >= 4 is 5.91 Å². The Morgan fingerprint density at radius 2 is 2.25 bits per heavy atom. The fourth-order valence-electron chi connectivity index (χ4n) is 2.16. The van der Waals surface area contributed by atoms with Crippen LogP contribution in [0.1, 0.15) is 42.6 Å². The number of pyridine rings is 1. The lowest BCUT2D eigenvalue weighted by molar-refractivity contribution is 0.0938. The largest absolute Gasteiger partial charge is 0.350 e. The van der Waals surface area contributed by atoms with Crippen molar-refractivity contribution in [2.24, 2.45) is 5.92 Å². The zero-order chi connectivity index (χ0) is 11.2. The van der Waals surface area contributed by atoms with Crippen molar-refractivity contribution in [1.82, 2.24) is 10.3 Å². The van der Waals surface area contributed by atoms with Gasteiger partial charge in [0.25, 0.3) is 5.91 Å². The molecule has 3 nitrogen and oxygen atoms in total. The van der Waals surface area contributed by atoms with Crippen molar-refractivity contribution in [1.29, 1.82) is 0 Å². The van der Waals surface area contributed by atoms with Crippen LogP contribution in [0.25, 0.3) is 0 Å². The van der Waals surface area contributed by atoms with Gasteiger partial charge in [-0.3, -0.25) is 9.78 Å². The molecule has 1 N–H and O–H groups in total. The Hall–Kier alpha value is -1.38. The molecule has 3 heteroatoms. The highest BCUT2D eigenvalue weighted by Crippen LogP contribution is 2.22. The molecule has 0 atom stereocenters. The lowest BCUT2D eigenvalue weighted by Crippen LogP contribution is -2.30. The molecule has 1 aliphatic rings. The van der Waals surface area contributed by atoms with Crippen molar-refractivity contribution in [2.75, 3.05) is 6.54 Å². The second kappa shape index (κ2) is 5.64. The van der Waals surface area contributed by atoms with E-state index < -0.39 is 0 Å². The summed E-state index contributed by atoms with van der Waals surface area (Å²) in [7, 11) is 0. The molecule has 1 aliphatic carbocycles. The second-order valence-electron chi connectivity index (χ2n) is 4.34. The Kier molecular flexibility index (Phi) is 3.91. The van der Waals surface area contributed by atoms with E-state index in [4.69, 9.17) is 0 Å². The Bertz CT molecular complexity index is 331. The molecule has 0 aliphatic heterocycles. The van der Waals surface area contributed by atoms with E-state index in [2.05, 4.69) is 16.4 Å². The Morgan fingerprint density at radius 3 is 2.94 bits per heavy atom. The summed E-state index contributed by atoms with van der Waals surface area (Å²) >= 11 is 0. The minimum absolute atomic E-state index is 0.105. The molecule has 2 rings (SSSR count). The van der Waals surface area contributed by atoms with Gasteiger partial charge in [-0.15, -0.1) is 0 Å². The van der Waals surface area contributed by atoms with Gasteiger partial charge >= 0.3 is 0 Å². The molecule has 0 aromatic carbocycles. The van der Waals surface area contributed by atoms with Crippen LogP contribution in [0, 0.1) is 12.0 Å². The summed E-state index contributed by atoms with van der Waals surface area (Å²) in [6.07, 6.45) is 8.05. The van der Waals surface area contributed by atoms with Crippen molar-refractivity contribution in [3.63, 3.8) is 0 Å². The van der Waals surface area contributed by atoms with Crippen LogP contribution in [0.5, 0.6) is 0 Å². The highest BCUT2D eigenvalue weighted by atomic mass is 16.1. The summed E-state index contributed by atoms with van der Waals surface area (Å²) in [6.45, 7) is 0.781. The number of nitrogens with one attached hydrogen (secondary N) is 1. The molecule has 1 radical (unpaired) electrons. The molecule has 16 heavy (non-hydrogen) atoms. The van der Waals surface area contributed by atoms with Crippen molar-refractivity contribution in [3.05, 3.63) is 30.1 Å². The fraction of sp³-hybridized carbons (Fsp3) is 0.538. The van der Waals surface area contributed by atoms with Crippen LogP contribution in [0.2, 0.25) is 0 Å². The standard InChI is InChI=1S/C13H17N2O/c16-13(12-8-4-5-9-14-12)15-10-11-6-2-1-3-7-11/h4-5,9,11H,1-3,6-7,10H2,(H,15,16). The smallest absolute Gasteiger partial charge is 0.270 e. The van der Waals surface area contributed by atoms with Gasteiger partial charge in [-0.05, 0) is 24.8 Å². The van der Waals surface area contributed by atoms with Crippen LogP contribution < -0.4 is 5.32 Å². The van der Waals surface area contributed by atoms with Gasteiger partial charge in [0.05, 0.1) is 0 Å². The lowest BCUT2D eigenvalue weighted by Gasteiger charge is -2.21. The quantitative estimate of drug-likeness (QED) is 0.843. The second-order valence-corrected chi connectivity index (χ2v) is 4.34. The maximum Gasteiger partial charge on any atom is 0.270 e. The van der Waals surface area contributed by atoms with E-state index in [0.29, 0.717) is 11.6 Å². The molecular weight excluding hydrogens is 200 g/mol. The third-order valence-corrected chi connectivity index (χ3v) is 3.10. The van der Waals surface area contributed by atoms with Crippen LogP contribution in [-0.2, 0) is 0 Å². The van der Waals surface area contributed by atoms with Crippen molar-refractivity contribution < 1.29 is 4.79 Å². The van der Waals surface area contributed by atoms with Gasteiger partial charge in [0.15, 0.2) is 0 Å². The normalized spacial score (nSPS) is 17.0. The molecule has 0 unspecified atom stereocenters. The van der Waals surface area contributed by atoms with Gasteiger partial charge in [-0.2, -0.15) is 0 Å². The summed E-state index contributed by atoms with van der Waals surface area (Å²) in [5, 5.41) is 2.94. The maximum absolute atomic E-state index is 11.7. The SMILES string of the molecule is O=C(NCC1CCCCC1)c1[c]cccn1. The number of carbonyl (C=O) groups excluding carboxylic acids is 1. The van der Waals surface area contributed by atoms with Crippen LogP contribution in [-0.4, -0.2) is 17.4 Å². The van der Waals surface area contributed by atoms with Crippen LogP contribution in [0.15, 0.2) is 18.3 Å². The molecule has 1 heterocycles. The Morgan fingerprint density at radius 1 is 1.44 bits per heavy atom.